The summed E-state index contributed by atoms with van der Waals surface area (Å²) >= 11 is 1.60. The van der Waals surface area contributed by atoms with Crippen molar-refractivity contribution in [2.45, 2.75) is 9.79 Å². The number of hydrogen-bond donors (Lipinski definition) is 0. The van der Waals surface area contributed by atoms with Crippen molar-refractivity contribution in [3.05, 3.63) is 99.7 Å². The van der Waals surface area contributed by atoms with E-state index in [4.69, 9.17) is 0 Å². The van der Waals surface area contributed by atoms with Gasteiger partial charge in [-0.3, -0.25) is 10.1 Å². The number of para-hydroxylation sites is 1. The van der Waals surface area contributed by atoms with Gasteiger partial charge < -0.3 is 5.21 Å². The van der Waals surface area contributed by atoms with E-state index in [9.17, 15) is 15.3 Å². The summed E-state index contributed by atoms with van der Waals surface area (Å²) in [6.45, 7) is 0. The molecule has 0 atom stereocenters. The maximum atomic E-state index is 12.3. The van der Waals surface area contributed by atoms with E-state index in [0.717, 1.165) is 9.79 Å². The number of nitro groups is 1. The minimum atomic E-state index is -0.501. The lowest BCUT2D eigenvalue weighted by molar-refractivity contribution is -0.386. The normalized spacial score (nSPS) is 11.3. The SMILES string of the molecule is O=[N+]([O-])c1ccccc1/C=[N+](\[O-])c1ccc(Sc2ccccc2)cc1. The molecule has 124 valence electrons. The molecule has 25 heavy (non-hydrogen) atoms. The first kappa shape index (κ1) is 16.7. The van der Waals surface area contributed by atoms with Crippen LogP contribution >= 0.6 is 11.8 Å². The van der Waals surface area contributed by atoms with Crippen LogP contribution in [0.1, 0.15) is 5.56 Å². The second kappa shape index (κ2) is 7.63. The largest absolute Gasteiger partial charge is 0.618 e. The molecule has 3 aromatic rings. The van der Waals surface area contributed by atoms with E-state index in [1.807, 2.05) is 42.5 Å². The van der Waals surface area contributed by atoms with Crippen LogP contribution in [0.5, 0.6) is 0 Å². The predicted molar refractivity (Wildman–Crippen MR) is 98.6 cm³/mol. The van der Waals surface area contributed by atoms with Gasteiger partial charge in [-0.15, -0.1) is 0 Å². The van der Waals surface area contributed by atoms with Crippen molar-refractivity contribution in [3.63, 3.8) is 0 Å². The number of benzene rings is 3. The lowest BCUT2D eigenvalue weighted by Gasteiger charge is -2.05. The molecular formula is C19H14N2O3S. The highest BCUT2D eigenvalue weighted by molar-refractivity contribution is 7.99. The lowest BCUT2D eigenvalue weighted by atomic mass is 10.2. The molecule has 0 aromatic heterocycles. The second-order valence-electron chi connectivity index (χ2n) is 5.18. The van der Waals surface area contributed by atoms with Crippen LogP contribution in [0, 0.1) is 15.3 Å². The van der Waals surface area contributed by atoms with E-state index < -0.39 is 4.92 Å². The van der Waals surface area contributed by atoms with Gasteiger partial charge in [0.25, 0.3) is 5.69 Å². The summed E-state index contributed by atoms with van der Waals surface area (Å²) in [6.07, 6.45) is 1.22. The molecule has 0 saturated carbocycles. The monoisotopic (exact) mass is 350 g/mol. The van der Waals surface area contributed by atoms with Crippen LogP contribution in [0.25, 0.3) is 0 Å². The fourth-order valence-corrected chi connectivity index (χ4v) is 3.09. The lowest BCUT2D eigenvalue weighted by Crippen LogP contribution is -2.02. The van der Waals surface area contributed by atoms with Gasteiger partial charge in [0, 0.05) is 28.0 Å². The van der Waals surface area contributed by atoms with Crippen LogP contribution in [-0.2, 0) is 0 Å². The molecule has 0 N–H and O–H groups in total. The molecule has 0 aliphatic carbocycles. The molecule has 0 spiro atoms. The van der Waals surface area contributed by atoms with Crippen LogP contribution in [0.2, 0.25) is 0 Å². The molecule has 0 saturated heterocycles. The first-order valence-corrected chi connectivity index (χ1v) is 8.33. The minimum Gasteiger partial charge on any atom is -0.618 e. The highest BCUT2D eigenvalue weighted by Crippen LogP contribution is 2.28. The molecule has 0 aliphatic heterocycles. The summed E-state index contributed by atoms with van der Waals surface area (Å²) in [5, 5.41) is 23.3. The van der Waals surface area contributed by atoms with Crippen LogP contribution in [0.15, 0.2) is 88.7 Å². The molecule has 0 amide bonds. The Morgan fingerprint density at radius 1 is 0.760 bits per heavy atom. The van der Waals surface area contributed by atoms with Crippen LogP contribution in [0.3, 0.4) is 0 Å². The third-order valence-corrected chi connectivity index (χ3v) is 4.48. The van der Waals surface area contributed by atoms with E-state index >= 15 is 0 Å². The van der Waals surface area contributed by atoms with Crippen LogP contribution in [-0.4, -0.2) is 15.9 Å². The molecule has 0 radical (unpaired) electrons. The van der Waals surface area contributed by atoms with Gasteiger partial charge in [0.1, 0.15) is 5.56 Å². The number of nitro benzene ring substituents is 1. The second-order valence-corrected chi connectivity index (χ2v) is 6.33. The van der Waals surface area contributed by atoms with Crippen molar-refractivity contribution in [3.8, 4) is 0 Å². The first-order chi connectivity index (χ1) is 12.1. The Hall–Kier alpha value is -3.12. The van der Waals surface area contributed by atoms with E-state index in [0.29, 0.717) is 10.4 Å². The van der Waals surface area contributed by atoms with E-state index in [1.54, 1.807) is 42.1 Å². The van der Waals surface area contributed by atoms with Gasteiger partial charge in [0.15, 0.2) is 6.21 Å². The summed E-state index contributed by atoms with van der Waals surface area (Å²) in [4.78, 5) is 12.6. The highest BCUT2D eigenvalue weighted by atomic mass is 32.2. The molecule has 6 heteroatoms. The summed E-state index contributed by atoms with van der Waals surface area (Å²) in [6, 6.07) is 23.2. The average Bonchev–Trinajstić information content (AvgIpc) is 2.63. The predicted octanol–water partition coefficient (Wildman–Crippen LogP) is 5.01. The first-order valence-electron chi connectivity index (χ1n) is 7.51. The Morgan fingerprint density at radius 2 is 1.36 bits per heavy atom. The van der Waals surface area contributed by atoms with Gasteiger partial charge in [-0.25, -0.2) is 0 Å². The minimum absolute atomic E-state index is 0.0976. The van der Waals surface area contributed by atoms with Crippen LogP contribution < -0.4 is 0 Å². The molecule has 5 nitrogen and oxygen atoms in total. The average molecular weight is 350 g/mol. The topological polar surface area (TPSA) is 69.2 Å². The van der Waals surface area contributed by atoms with Crippen molar-refractivity contribution >= 4 is 29.4 Å². The van der Waals surface area contributed by atoms with Crippen molar-refractivity contribution in [1.82, 2.24) is 0 Å². The van der Waals surface area contributed by atoms with Crippen molar-refractivity contribution < 1.29 is 9.66 Å². The molecule has 3 aromatic carbocycles. The van der Waals surface area contributed by atoms with E-state index in [1.165, 1.54) is 12.3 Å². The van der Waals surface area contributed by atoms with Gasteiger partial charge in [-0.05, 0) is 30.3 Å². The zero-order chi connectivity index (χ0) is 17.6. The quantitative estimate of drug-likeness (QED) is 0.213. The third kappa shape index (κ3) is 4.24. The molecule has 0 fully saturated rings. The summed E-state index contributed by atoms with van der Waals surface area (Å²) in [7, 11) is 0. The van der Waals surface area contributed by atoms with Gasteiger partial charge >= 0.3 is 0 Å². The summed E-state index contributed by atoms with van der Waals surface area (Å²) < 4.78 is 0.638. The maximum Gasteiger partial charge on any atom is 0.282 e. The molecule has 0 heterocycles. The fourth-order valence-electron chi connectivity index (χ4n) is 2.25. The number of rotatable bonds is 5. The maximum absolute atomic E-state index is 12.3. The molecule has 0 aliphatic rings. The Bertz CT molecular complexity index is 909. The Kier molecular flexibility index (Phi) is 5.11. The molecule has 0 bridgehead atoms. The van der Waals surface area contributed by atoms with E-state index in [-0.39, 0.29) is 11.3 Å². The Balaban J connectivity index is 1.81. The smallest absolute Gasteiger partial charge is 0.282 e. The van der Waals surface area contributed by atoms with Crippen LogP contribution in [0.4, 0.5) is 11.4 Å². The highest BCUT2D eigenvalue weighted by Gasteiger charge is 2.14. The molecule has 3 rings (SSSR count). The Morgan fingerprint density at radius 3 is 2.04 bits per heavy atom. The van der Waals surface area contributed by atoms with Crippen molar-refractivity contribution in [1.29, 1.82) is 0 Å². The van der Waals surface area contributed by atoms with Gasteiger partial charge in [0.05, 0.1) is 4.92 Å². The van der Waals surface area contributed by atoms with Crippen molar-refractivity contribution in [2.24, 2.45) is 0 Å². The fraction of sp³-hybridized carbons (Fsp3) is 0. The van der Waals surface area contributed by atoms with Crippen molar-refractivity contribution in [2.75, 3.05) is 0 Å². The van der Waals surface area contributed by atoms with Gasteiger partial charge in [-0.2, -0.15) is 4.74 Å². The zero-order valence-corrected chi connectivity index (χ0v) is 13.9. The number of hydrogen-bond acceptors (Lipinski definition) is 4. The summed E-state index contributed by atoms with van der Waals surface area (Å²) in [5.74, 6) is 0. The Labute approximate surface area is 149 Å². The van der Waals surface area contributed by atoms with Gasteiger partial charge in [-0.1, -0.05) is 42.1 Å². The standard InChI is InChI=1S/C19H14N2O3S/c22-20(14-15-6-4-5-9-19(15)21(23)24)16-10-12-18(13-11-16)25-17-7-2-1-3-8-17/h1-14H/b20-14-. The summed E-state index contributed by atoms with van der Waals surface area (Å²) in [5.41, 5.74) is 0.584. The number of nitrogens with zero attached hydrogens (tertiary/aromatic N) is 2. The van der Waals surface area contributed by atoms with Gasteiger partial charge in [0.2, 0.25) is 5.69 Å². The third-order valence-electron chi connectivity index (χ3n) is 3.46. The molecular weight excluding hydrogens is 336 g/mol. The zero-order valence-electron chi connectivity index (χ0n) is 13.1. The molecule has 0 unspecified atom stereocenters. The van der Waals surface area contributed by atoms with E-state index in [2.05, 4.69) is 0 Å².